The quantitative estimate of drug-likeness (QED) is 0.306. The summed E-state index contributed by atoms with van der Waals surface area (Å²) in [6.07, 6.45) is 1.91. The molecule has 8 nitrogen and oxygen atoms in total. The fourth-order valence-corrected chi connectivity index (χ4v) is 3.63. The molecule has 2 N–H and O–H groups in total. The SMILES string of the molecule is CCCNc1nc(-c2ccccc2)nc2nc3c(NCCC)nc(-c4ccccc4)nc3nc12. The van der Waals surface area contributed by atoms with E-state index in [1.54, 1.807) is 0 Å². The first-order chi connectivity index (χ1) is 16.8. The lowest BCUT2D eigenvalue weighted by Gasteiger charge is -2.12. The molecule has 0 fully saturated rings. The molecule has 3 heterocycles. The first kappa shape index (κ1) is 21.6. The highest BCUT2D eigenvalue weighted by molar-refractivity contribution is 5.94. The number of nitrogens with one attached hydrogen (secondary N) is 2. The van der Waals surface area contributed by atoms with E-state index in [0.29, 0.717) is 45.6 Å². The summed E-state index contributed by atoms with van der Waals surface area (Å²) in [5.74, 6) is 2.52. The maximum atomic E-state index is 4.88. The highest BCUT2D eigenvalue weighted by atomic mass is 15.1. The van der Waals surface area contributed by atoms with Crippen LogP contribution in [0.15, 0.2) is 60.7 Å². The Morgan fingerprint density at radius 2 is 0.941 bits per heavy atom. The van der Waals surface area contributed by atoms with Gasteiger partial charge >= 0.3 is 0 Å². The predicted molar refractivity (Wildman–Crippen MR) is 137 cm³/mol. The number of hydrogen-bond acceptors (Lipinski definition) is 8. The lowest BCUT2D eigenvalue weighted by atomic mass is 10.2. The van der Waals surface area contributed by atoms with Gasteiger partial charge in [-0.3, -0.25) is 0 Å². The summed E-state index contributed by atoms with van der Waals surface area (Å²) in [5, 5.41) is 6.79. The number of aromatic nitrogens is 6. The van der Waals surface area contributed by atoms with Crippen LogP contribution in [0, 0.1) is 0 Å². The Hall–Kier alpha value is -4.20. The third-order valence-corrected chi connectivity index (χ3v) is 5.32. The smallest absolute Gasteiger partial charge is 0.185 e. The summed E-state index contributed by atoms with van der Waals surface area (Å²) in [5.41, 5.74) is 4.06. The fourth-order valence-electron chi connectivity index (χ4n) is 3.63. The molecule has 2 aromatic carbocycles. The van der Waals surface area contributed by atoms with E-state index in [9.17, 15) is 0 Å². The molecule has 0 saturated carbocycles. The molecule has 0 radical (unpaired) electrons. The van der Waals surface area contributed by atoms with E-state index in [1.807, 2.05) is 60.7 Å². The maximum Gasteiger partial charge on any atom is 0.185 e. The summed E-state index contributed by atoms with van der Waals surface area (Å²) in [4.78, 5) is 28.8. The third kappa shape index (κ3) is 4.34. The molecule has 0 aliphatic carbocycles. The zero-order chi connectivity index (χ0) is 23.3. The Kier molecular flexibility index (Phi) is 6.20. The summed E-state index contributed by atoms with van der Waals surface area (Å²) in [6, 6.07) is 19.8. The molecule has 0 aliphatic heterocycles. The molecule has 0 amide bonds. The van der Waals surface area contributed by atoms with Gasteiger partial charge in [0.1, 0.15) is 0 Å². The highest BCUT2D eigenvalue weighted by Crippen LogP contribution is 2.28. The van der Waals surface area contributed by atoms with Crippen LogP contribution < -0.4 is 10.6 Å². The van der Waals surface area contributed by atoms with Gasteiger partial charge in [0.2, 0.25) is 0 Å². The first-order valence-electron chi connectivity index (χ1n) is 11.6. The second-order valence-electron chi connectivity index (χ2n) is 7.95. The maximum absolute atomic E-state index is 4.88. The largest absolute Gasteiger partial charge is 0.368 e. The summed E-state index contributed by atoms with van der Waals surface area (Å²) in [6.45, 7) is 5.76. The number of fused-ring (bicyclic) bond motifs is 2. The van der Waals surface area contributed by atoms with E-state index >= 15 is 0 Å². The van der Waals surface area contributed by atoms with E-state index in [0.717, 1.165) is 37.1 Å². The van der Waals surface area contributed by atoms with E-state index in [1.165, 1.54) is 0 Å². The van der Waals surface area contributed by atoms with Gasteiger partial charge in [0.15, 0.2) is 45.6 Å². The zero-order valence-electron chi connectivity index (χ0n) is 19.3. The molecule has 5 aromatic rings. The van der Waals surface area contributed by atoms with Gasteiger partial charge in [-0.25, -0.2) is 29.9 Å². The summed E-state index contributed by atoms with van der Waals surface area (Å²) >= 11 is 0. The second-order valence-corrected chi connectivity index (χ2v) is 7.95. The van der Waals surface area contributed by atoms with Crippen molar-refractivity contribution >= 4 is 34.0 Å². The Morgan fingerprint density at radius 1 is 0.529 bits per heavy atom. The predicted octanol–water partition coefficient (Wildman–Crippen LogP) is 5.34. The molecule has 0 spiro atoms. The lowest BCUT2D eigenvalue weighted by molar-refractivity contribution is 0.965. The molecule has 0 atom stereocenters. The molecule has 170 valence electrons. The van der Waals surface area contributed by atoms with Crippen molar-refractivity contribution in [3.05, 3.63) is 60.7 Å². The monoisotopic (exact) mass is 450 g/mol. The van der Waals surface area contributed by atoms with Gasteiger partial charge in [-0.1, -0.05) is 74.5 Å². The van der Waals surface area contributed by atoms with Gasteiger partial charge in [0, 0.05) is 24.2 Å². The minimum Gasteiger partial charge on any atom is -0.368 e. The number of hydrogen-bond donors (Lipinski definition) is 2. The van der Waals surface area contributed by atoms with Crippen LogP contribution in [0.5, 0.6) is 0 Å². The fraction of sp³-hybridized carbons (Fsp3) is 0.231. The Bertz CT molecular complexity index is 1310. The average molecular weight is 451 g/mol. The number of nitrogens with zero attached hydrogens (tertiary/aromatic N) is 6. The molecule has 0 bridgehead atoms. The number of benzene rings is 2. The standard InChI is InChI=1S/C26H26N8/c1-3-15-27-23-19-25(33-21(31-23)17-11-7-5-8-12-17)30-20-24(28-16-4-2)32-22(34-26(20)29-19)18-13-9-6-10-14-18/h5-14H,3-4,15-16H2,1-2H3,(H,27,30,31,33)(H,28,29,32,34). The van der Waals surface area contributed by atoms with Gasteiger partial charge in [-0.2, -0.15) is 0 Å². The van der Waals surface area contributed by atoms with Gasteiger partial charge in [-0.15, -0.1) is 0 Å². The lowest BCUT2D eigenvalue weighted by Crippen LogP contribution is -2.09. The number of rotatable bonds is 8. The van der Waals surface area contributed by atoms with E-state index in [4.69, 9.17) is 29.9 Å². The summed E-state index contributed by atoms with van der Waals surface area (Å²) in [7, 11) is 0. The van der Waals surface area contributed by atoms with Crippen LogP contribution in [0.25, 0.3) is 45.1 Å². The third-order valence-electron chi connectivity index (χ3n) is 5.32. The van der Waals surface area contributed by atoms with Gasteiger partial charge in [-0.05, 0) is 12.8 Å². The van der Waals surface area contributed by atoms with Crippen LogP contribution in [0.3, 0.4) is 0 Å². The normalized spacial score (nSPS) is 11.1. The Morgan fingerprint density at radius 3 is 1.32 bits per heavy atom. The summed E-state index contributed by atoms with van der Waals surface area (Å²) < 4.78 is 0. The van der Waals surface area contributed by atoms with Crippen molar-refractivity contribution in [3.8, 4) is 22.8 Å². The molecular formula is C26H26N8. The van der Waals surface area contributed by atoms with E-state index in [2.05, 4.69) is 24.5 Å². The first-order valence-corrected chi connectivity index (χ1v) is 11.6. The zero-order valence-corrected chi connectivity index (χ0v) is 19.3. The average Bonchev–Trinajstić information content (AvgIpc) is 2.90. The molecular weight excluding hydrogens is 424 g/mol. The molecule has 8 heteroatoms. The molecule has 34 heavy (non-hydrogen) atoms. The van der Waals surface area contributed by atoms with E-state index in [-0.39, 0.29) is 0 Å². The van der Waals surface area contributed by atoms with Crippen molar-refractivity contribution in [3.63, 3.8) is 0 Å². The van der Waals surface area contributed by atoms with Crippen LogP contribution >= 0.6 is 0 Å². The van der Waals surface area contributed by atoms with Crippen molar-refractivity contribution in [2.45, 2.75) is 26.7 Å². The molecule has 0 unspecified atom stereocenters. The molecule has 0 saturated heterocycles. The number of anilines is 2. The molecule has 3 aromatic heterocycles. The van der Waals surface area contributed by atoms with Crippen molar-refractivity contribution in [1.29, 1.82) is 0 Å². The second kappa shape index (κ2) is 9.74. The van der Waals surface area contributed by atoms with Crippen molar-refractivity contribution in [2.24, 2.45) is 0 Å². The van der Waals surface area contributed by atoms with Crippen LogP contribution in [-0.2, 0) is 0 Å². The minimum atomic E-state index is 0.510. The van der Waals surface area contributed by atoms with Crippen molar-refractivity contribution in [2.75, 3.05) is 23.7 Å². The van der Waals surface area contributed by atoms with Gasteiger partial charge in [0.05, 0.1) is 0 Å². The topological polar surface area (TPSA) is 101 Å². The van der Waals surface area contributed by atoms with Gasteiger partial charge in [0.25, 0.3) is 0 Å². The minimum absolute atomic E-state index is 0.510. The van der Waals surface area contributed by atoms with Crippen molar-refractivity contribution in [1.82, 2.24) is 29.9 Å². The van der Waals surface area contributed by atoms with Crippen LogP contribution in [0.4, 0.5) is 11.6 Å². The van der Waals surface area contributed by atoms with Gasteiger partial charge < -0.3 is 10.6 Å². The van der Waals surface area contributed by atoms with Crippen molar-refractivity contribution < 1.29 is 0 Å². The van der Waals surface area contributed by atoms with Crippen LogP contribution in [0.1, 0.15) is 26.7 Å². The molecule has 0 aliphatic rings. The molecule has 5 rings (SSSR count). The van der Waals surface area contributed by atoms with E-state index < -0.39 is 0 Å². The van der Waals surface area contributed by atoms with Crippen LogP contribution in [-0.4, -0.2) is 43.0 Å². The van der Waals surface area contributed by atoms with Crippen LogP contribution in [0.2, 0.25) is 0 Å². The highest BCUT2D eigenvalue weighted by Gasteiger charge is 2.17. The Balaban J connectivity index is 1.75. The Labute approximate surface area is 198 Å².